The van der Waals surface area contributed by atoms with E-state index in [4.69, 9.17) is 0 Å². The van der Waals surface area contributed by atoms with E-state index in [1.807, 2.05) is 12.5 Å². The zero-order valence-corrected chi connectivity index (χ0v) is 10.1. The molecule has 1 fully saturated rings. The smallest absolute Gasteiger partial charge is 0.0951 e. The van der Waals surface area contributed by atoms with Crippen LogP contribution in [0.15, 0.2) is 12.5 Å². The Morgan fingerprint density at radius 3 is 3.06 bits per heavy atom. The van der Waals surface area contributed by atoms with Gasteiger partial charge in [-0.25, -0.2) is 4.98 Å². The molecular weight excluding hydrogens is 202 g/mol. The monoisotopic (exact) mass is 223 g/mol. The predicted molar refractivity (Wildman–Crippen MR) is 63.1 cm³/mol. The van der Waals surface area contributed by atoms with Crippen LogP contribution >= 0.6 is 0 Å². The fourth-order valence-corrected chi connectivity index (χ4v) is 2.32. The molecule has 1 aliphatic rings. The summed E-state index contributed by atoms with van der Waals surface area (Å²) >= 11 is 0. The van der Waals surface area contributed by atoms with E-state index in [0.717, 1.165) is 32.5 Å². The summed E-state index contributed by atoms with van der Waals surface area (Å²) in [4.78, 5) is 6.51. The molecule has 0 radical (unpaired) electrons. The molecule has 4 heteroatoms. The Balaban J connectivity index is 2.00. The first kappa shape index (κ1) is 11.6. The van der Waals surface area contributed by atoms with Crippen LogP contribution in [0.25, 0.3) is 0 Å². The molecule has 1 aromatic heterocycles. The first-order chi connectivity index (χ1) is 7.66. The third-order valence-electron chi connectivity index (χ3n) is 3.17. The van der Waals surface area contributed by atoms with Gasteiger partial charge in [0.25, 0.3) is 0 Å². The van der Waals surface area contributed by atoms with Crippen molar-refractivity contribution < 1.29 is 5.11 Å². The Hall–Kier alpha value is -0.870. The molecule has 90 valence electrons. The van der Waals surface area contributed by atoms with Gasteiger partial charge >= 0.3 is 0 Å². The molecule has 1 unspecified atom stereocenters. The number of aliphatic hydroxyl groups excluding tert-OH is 1. The molecule has 16 heavy (non-hydrogen) atoms. The maximum absolute atomic E-state index is 9.62. The standard InChI is InChI=1S/C12H21N3O/c1-10(2)15-9-13-6-11(15)7-14-5-3-4-12(16)8-14/h6,9-10,12,16H,3-5,7-8H2,1-2H3. The molecule has 1 atom stereocenters. The van der Waals surface area contributed by atoms with Crippen LogP contribution in [0, 0.1) is 0 Å². The minimum absolute atomic E-state index is 0.149. The van der Waals surface area contributed by atoms with E-state index in [-0.39, 0.29) is 6.10 Å². The Kier molecular flexibility index (Phi) is 3.61. The number of aliphatic hydroxyl groups is 1. The van der Waals surface area contributed by atoms with Crippen LogP contribution in [0.1, 0.15) is 38.4 Å². The lowest BCUT2D eigenvalue weighted by Gasteiger charge is -2.30. The zero-order valence-electron chi connectivity index (χ0n) is 10.1. The van der Waals surface area contributed by atoms with Crippen molar-refractivity contribution in [2.45, 2.75) is 45.4 Å². The topological polar surface area (TPSA) is 41.3 Å². The highest BCUT2D eigenvalue weighted by Gasteiger charge is 2.19. The fraction of sp³-hybridized carbons (Fsp3) is 0.750. The van der Waals surface area contributed by atoms with Crippen molar-refractivity contribution in [3.05, 3.63) is 18.2 Å². The zero-order chi connectivity index (χ0) is 11.5. The van der Waals surface area contributed by atoms with E-state index in [9.17, 15) is 5.11 Å². The molecule has 4 nitrogen and oxygen atoms in total. The summed E-state index contributed by atoms with van der Waals surface area (Å²) in [6.45, 7) is 7.10. The highest BCUT2D eigenvalue weighted by atomic mass is 16.3. The average Bonchev–Trinajstić information content (AvgIpc) is 2.66. The molecule has 0 amide bonds. The van der Waals surface area contributed by atoms with Gasteiger partial charge in [0.1, 0.15) is 0 Å². The molecule has 1 saturated heterocycles. The fourth-order valence-electron chi connectivity index (χ4n) is 2.32. The van der Waals surface area contributed by atoms with Crippen molar-refractivity contribution in [3.8, 4) is 0 Å². The van der Waals surface area contributed by atoms with Crippen molar-refractivity contribution in [2.24, 2.45) is 0 Å². The number of imidazole rings is 1. The van der Waals surface area contributed by atoms with Crippen molar-refractivity contribution in [1.29, 1.82) is 0 Å². The van der Waals surface area contributed by atoms with Gasteiger partial charge in [0.15, 0.2) is 0 Å². The summed E-state index contributed by atoms with van der Waals surface area (Å²) in [5.74, 6) is 0. The van der Waals surface area contributed by atoms with Gasteiger partial charge in [-0.15, -0.1) is 0 Å². The van der Waals surface area contributed by atoms with Crippen LogP contribution < -0.4 is 0 Å². The van der Waals surface area contributed by atoms with Gasteiger partial charge in [-0.2, -0.15) is 0 Å². The second-order valence-corrected chi connectivity index (χ2v) is 4.92. The number of hydrogen-bond donors (Lipinski definition) is 1. The lowest BCUT2D eigenvalue weighted by Crippen LogP contribution is -2.38. The van der Waals surface area contributed by atoms with Gasteiger partial charge in [-0.05, 0) is 33.2 Å². The van der Waals surface area contributed by atoms with E-state index in [1.54, 1.807) is 0 Å². The van der Waals surface area contributed by atoms with E-state index < -0.39 is 0 Å². The molecule has 0 spiro atoms. The Bertz CT molecular complexity index is 335. The van der Waals surface area contributed by atoms with E-state index in [2.05, 4.69) is 28.3 Å². The minimum Gasteiger partial charge on any atom is -0.392 e. The van der Waals surface area contributed by atoms with Crippen LogP contribution in [-0.2, 0) is 6.54 Å². The van der Waals surface area contributed by atoms with E-state index in [0.29, 0.717) is 6.04 Å². The molecule has 0 aliphatic carbocycles. The SMILES string of the molecule is CC(C)n1cncc1CN1CCCC(O)C1. The average molecular weight is 223 g/mol. The third-order valence-corrected chi connectivity index (χ3v) is 3.17. The summed E-state index contributed by atoms with van der Waals surface area (Å²) in [5, 5.41) is 9.62. The molecule has 0 saturated carbocycles. The van der Waals surface area contributed by atoms with Gasteiger partial charge in [0.2, 0.25) is 0 Å². The maximum Gasteiger partial charge on any atom is 0.0951 e. The molecule has 2 heterocycles. The Morgan fingerprint density at radius 1 is 1.56 bits per heavy atom. The van der Waals surface area contributed by atoms with Gasteiger partial charge < -0.3 is 9.67 Å². The van der Waals surface area contributed by atoms with E-state index in [1.165, 1.54) is 5.69 Å². The molecular formula is C12H21N3O. The summed E-state index contributed by atoms with van der Waals surface area (Å²) in [5.41, 5.74) is 1.24. The van der Waals surface area contributed by atoms with Crippen LogP contribution in [0.4, 0.5) is 0 Å². The highest BCUT2D eigenvalue weighted by molar-refractivity contribution is 5.00. The lowest BCUT2D eigenvalue weighted by molar-refractivity contribution is 0.0655. The summed E-state index contributed by atoms with van der Waals surface area (Å²) in [6.07, 6.45) is 5.71. The number of piperidine rings is 1. The molecule has 0 aromatic carbocycles. The number of aromatic nitrogens is 2. The predicted octanol–water partition coefficient (Wildman–Crippen LogP) is 1.42. The minimum atomic E-state index is -0.149. The first-order valence-electron chi connectivity index (χ1n) is 6.08. The lowest BCUT2D eigenvalue weighted by atomic mass is 10.1. The number of likely N-dealkylation sites (tertiary alicyclic amines) is 1. The van der Waals surface area contributed by atoms with Crippen molar-refractivity contribution in [3.63, 3.8) is 0 Å². The maximum atomic E-state index is 9.62. The third kappa shape index (κ3) is 2.62. The number of rotatable bonds is 3. The number of hydrogen-bond acceptors (Lipinski definition) is 3. The van der Waals surface area contributed by atoms with Gasteiger partial charge in [0.05, 0.1) is 18.1 Å². The van der Waals surface area contributed by atoms with Crippen LogP contribution in [-0.4, -0.2) is 38.8 Å². The highest BCUT2D eigenvalue weighted by Crippen LogP contribution is 2.15. The molecule has 2 rings (SSSR count). The largest absolute Gasteiger partial charge is 0.392 e. The quantitative estimate of drug-likeness (QED) is 0.842. The normalized spacial score (nSPS) is 22.9. The summed E-state index contributed by atoms with van der Waals surface area (Å²) in [7, 11) is 0. The van der Waals surface area contributed by atoms with Crippen molar-refractivity contribution in [1.82, 2.24) is 14.5 Å². The Labute approximate surface area is 96.9 Å². The first-order valence-corrected chi connectivity index (χ1v) is 6.08. The second-order valence-electron chi connectivity index (χ2n) is 4.92. The second kappa shape index (κ2) is 4.97. The molecule has 0 bridgehead atoms. The summed E-state index contributed by atoms with van der Waals surface area (Å²) < 4.78 is 2.20. The van der Waals surface area contributed by atoms with Gasteiger partial charge in [-0.1, -0.05) is 0 Å². The summed E-state index contributed by atoms with van der Waals surface area (Å²) in [6, 6.07) is 0.451. The van der Waals surface area contributed by atoms with Gasteiger partial charge in [-0.3, -0.25) is 4.90 Å². The number of nitrogens with zero attached hydrogens (tertiary/aromatic N) is 3. The molecule has 1 aromatic rings. The Morgan fingerprint density at radius 2 is 2.38 bits per heavy atom. The van der Waals surface area contributed by atoms with Gasteiger partial charge in [0, 0.05) is 25.3 Å². The number of β-amino-alcohol motifs (C(OH)–C–C–N with tert-alkyl or cyclic N) is 1. The van der Waals surface area contributed by atoms with Crippen LogP contribution in [0.2, 0.25) is 0 Å². The van der Waals surface area contributed by atoms with Crippen molar-refractivity contribution >= 4 is 0 Å². The van der Waals surface area contributed by atoms with Crippen LogP contribution in [0.5, 0.6) is 0 Å². The van der Waals surface area contributed by atoms with Crippen LogP contribution in [0.3, 0.4) is 0 Å². The molecule has 1 aliphatic heterocycles. The van der Waals surface area contributed by atoms with Crippen molar-refractivity contribution in [2.75, 3.05) is 13.1 Å². The van der Waals surface area contributed by atoms with E-state index >= 15 is 0 Å². The molecule has 1 N–H and O–H groups in total.